The normalized spacial score (nSPS) is 17.9. The zero-order valence-corrected chi connectivity index (χ0v) is 19.4. The summed E-state index contributed by atoms with van der Waals surface area (Å²) in [4.78, 5) is 34.6. The van der Waals surface area contributed by atoms with Crippen LogP contribution in [0.3, 0.4) is 0 Å². The molecule has 168 valence electrons. The van der Waals surface area contributed by atoms with E-state index in [-0.39, 0.29) is 12.5 Å². The zero-order chi connectivity index (χ0) is 22.9. The first-order chi connectivity index (χ1) is 16.1. The minimum absolute atomic E-state index is 0.223. The summed E-state index contributed by atoms with van der Waals surface area (Å²) >= 11 is 1.56. The van der Waals surface area contributed by atoms with Crippen LogP contribution in [-0.4, -0.2) is 34.6 Å². The van der Waals surface area contributed by atoms with Crippen molar-refractivity contribution in [3.63, 3.8) is 0 Å². The Morgan fingerprint density at radius 2 is 1.85 bits per heavy atom. The van der Waals surface area contributed by atoms with Crippen molar-refractivity contribution < 1.29 is 14.3 Å². The number of esters is 1. The van der Waals surface area contributed by atoms with E-state index < -0.39 is 17.9 Å². The standard InChI is InChI=1S/C26H25N3O3S/c1-3-32-25(31)21-22(23-17(2)14-16-33-23)29-20-12-8-7-11-19(20)27-26(29)28(24(21)30)15-13-18-9-5-4-6-10-18/h4-12,14,16,21-22H,3,13,15H2,1-2H3/t21-,22+/m1/s1. The number of thiophene rings is 1. The number of imidazole rings is 1. The third-order valence-corrected chi connectivity index (χ3v) is 7.21. The first kappa shape index (κ1) is 21.4. The van der Waals surface area contributed by atoms with E-state index in [1.165, 1.54) is 0 Å². The van der Waals surface area contributed by atoms with E-state index in [0.29, 0.717) is 18.9 Å². The Hall–Kier alpha value is -3.45. The second-order valence-electron chi connectivity index (χ2n) is 8.14. The highest BCUT2D eigenvalue weighted by Crippen LogP contribution is 2.43. The Morgan fingerprint density at radius 3 is 2.58 bits per heavy atom. The molecule has 0 radical (unpaired) electrons. The molecule has 4 aromatic rings. The van der Waals surface area contributed by atoms with Gasteiger partial charge >= 0.3 is 5.97 Å². The molecule has 0 bridgehead atoms. The zero-order valence-electron chi connectivity index (χ0n) is 18.6. The Kier molecular flexibility index (Phi) is 5.72. The lowest BCUT2D eigenvalue weighted by molar-refractivity contribution is -0.153. The molecule has 3 heterocycles. The molecule has 0 N–H and O–H groups in total. The van der Waals surface area contributed by atoms with Gasteiger partial charge in [-0.05, 0) is 55.0 Å². The smallest absolute Gasteiger partial charge is 0.321 e. The van der Waals surface area contributed by atoms with Gasteiger partial charge in [-0.15, -0.1) is 11.3 Å². The highest BCUT2D eigenvalue weighted by molar-refractivity contribution is 7.10. The number of amides is 1. The van der Waals surface area contributed by atoms with Crippen LogP contribution in [0, 0.1) is 12.8 Å². The number of carbonyl (C=O) groups is 2. The summed E-state index contributed by atoms with van der Waals surface area (Å²) in [5, 5.41) is 2.00. The number of anilines is 1. The number of benzene rings is 2. The lowest BCUT2D eigenvalue weighted by Gasteiger charge is -2.37. The van der Waals surface area contributed by atoms with Crippen molar-refractivity contribution in [3.8, 4) is 0 Å². The number of fused-ring (bicyclic) bond motifs is 3. The molecule has 0 spiro atoms. The number of aryl methyl sites for hydroxylation is 1. The minimum Gasteiger partial charge on any atom is -0.465 e. The first-order valence-electron chi connectivity index (χ1n) is 11.1. The fourth-order valence-electron chi connectivity index (χ4n) is 4.56. The minimum atomic E-state index is -0.969. The van der Waals surface area contributed by atoms with Crippen molar-refractivity contribution in [2.75, 3.05) is 18.1 Å². The second kappa shape index (κ2) is 8.83. The van der Waals surface area contributed by atoms with Crippen molar-refractivity contribution in [1.29, 1.82) is 0 Å². The molecule has 5 rings (SSSR count). The number of aromatic nitrogens is 2. The van der Waals surface area contributed by atoms with Crippen LogP contribution in [0.2, 0.25) is 0 Å². The van der Waals surface area contributed by atoms with E-state index in [2.05, 4.69) is 4.57 Å². The van der Waals surface area contributed by atoms with Gasteiger partial charge in [0.25, 0.3) is 0 Å². The molecule has 1 amide bonds. The molecule has 6 nitrogen and oxygen atoms in total. The number of hydrogen-bond acceptors (Lipinski definition) is 5. The maximum absolute atomic E-state index is 13.9. The third-order valence-electron chi connectivity index (χ3n) is 6.12. The molecule has 2 aromatic heterocycles. The van der Waals surface area contributed by atoms with Crippen molar-refractivity contribution in [2.24, 2.45) is 5.92 Å². The van der Waals surface area contributed by atoms with Gasteiger partial charge in [0.2, 0.25) is 11.9 Å². The van der Waals surface area contributed by atoms with E-state index >= 15 is 0 Å². The number of hydrogen-bond donors (Lipinski definition) is 0. The van der Waals surface area contributed by atoms with Gasteiger partial charge in [0, 0.05) is 11.4 Å². The van der Waals surface area contributed by atoms with Crippen LogP contribution in [0.1, 0.15) is 29.0 Å². The van der Waals surface area contributed by atoms with E-state index in [9.17, 15) is 9.59 Å². The maximum Gasteiger partial charge on any atom is 0.321 e. The highest BCUT2D eigenvalue weighted by Gasteiger charge is 2.48. The fraction of sp³-hybridized carbons (Fsp3) is 0.269. The second-order valence-corrected chi connectivity index (χ2v) is 9.09. The van der Waals surface area contributed by atoms with Crippen LogP contribution in [0.15, 0.2) is 66.0 Å². The van der Waals surface area contributed by atoms with Gasteiger partial charge in [-0.2, -0.15) is 0 Å². The summed E-state index contributed by atoms with van der Waals surface area (Å²) in [6.07, 6.45) is 0.661. The molecule has 7 heteroatoms. The van der Waals surface area contributed by atoms with Gasteiger partial charge in [0.1, 0.15) is 0 Å². The van der Waals surface area contributed by atoms with E-state index in [4.69, 9.17) is 9.72 Å². The average Bonchev–Trinajstić information content (AvgIpc) is 3.42. The maximum atomic E-state index is 13.9. The molecule has 0 fully saturated rings. The molecule has 33 heavy (non-hydrogen) atoms. The van der Waals surface area contributed by atoms with Crippen molar-refractivity contribution in [1.82, 2.24) is 9.55 Å². The molecule has 1 aliphatic heterocycles. The topological polar surface area (TPSA) is 64.4 Å². The Balaban J connectivity index is 1.68. The van der Waals surface area contributed by atoms with Crippen molar-refractivity contribution in [2.45, 2.75) is 26.3 Å². The molecule has 0 aliphatic carbocycles. The van der Waals surface area contributed by atoms with Gasteiger partial charge in [-0.25, -0.2) is 4.98 Å². The van der Waals surface area contributed by atoms with Crippen LogP contribution >= 0.6 is 11.3 Å². The molecule has 2 atom stereocenters. The molecule has 0 unspecified atom stereocenters. The monoisotopic (exact) mass is 459 g/mol. The van der Waals surface area contributed by atoms with E-state index in [1.807, 2.05) is 73.0 Å². The molecular formula is C26H25N3O3S. The largest absolute Gasteiger partial charge is 0.465 e. The number of para-hydroxylation sites is 2. The lowest BCUT2D eigenvalue weighted by atomic mass is 9.92. The van der Waals surface area contributed by atoms with Crippen LogP contribution in [0.4, 0.5) is 5.95 Å². The fourth-order valence-corrected chi connectivity index (χ4v) is 5.61. The Bertz CT molecular complexity index is 1310. The van der Waals surface area contributed by atoms with Crippen LogP contribution in [0.25, 0.3) is 11.0 Å². The number of nitrogens with zero attached hydrogens (tertiary/aromatic N) is 3. The van der Waals surface area contributed by atoms with E-state index in [1.54, 1.807) is 23.2 Å². The molecule has 0 saturated carbocycles. The molecule has 1 aliphatic rings. The predicted octanol–water partition coefficient (Wildman–Crippen LogP) is 4.76. The van der Waals surface area contributed by atoms with Crippen molar-refractivity contribution >= 4 is 40.2 Å². The number of rotatable bonds is 6. The van der Waals surface area contributed by atoms with Gasteiger partial charge < -0.3 is 4.74 Å². The van der Waals surface area contributed by atoms with Gasteiger partial charge in [-0.3, -0.25) is 19.1 Å². The summed E-state index contributed by atoms with van der Waals surface area (Å²) in [5.41, 5.74) is 3.87. The van der Waals surface area contributed by atoms with E-state index in [0.717, 1.165) is 27.0 Å². The SMILES string of the molecule is CCOC(=O)[C@H]1C(=O)N(CCc2ccccc2)c2nc3ccccc3n2[C@@H]1c1sccc1C. The highest BCUT2D eigenvalue weighted by atomic mass is 32.1. The van der Waals surface area contributed by atoms with Crippen LogP contribution < -0.4 is 4.90 Å². The van der Waals surface area contributed by atoms with Gasteiger partial charge in [0.15, 0.2) is 5.92 Å². The molecular weight excluding hydrogens is 434 g/mol. The summed E-state index contributed by atoms with van der Waals surface area (Å²) in [5.74, 6) is -1.14. The average molecular weight is 460 g/mol. The number of carbonyl (C=O) groups excluding carboxylic acids is 2. The summed E-state index contributed by atoms with van der Waals surface area (Å²) in [7, 11) is 0. The molecule has 2 aromatic carbocycles. The summed E-state index contributed by atoms with van der Waals surface area (Å²) in [6.45, 7) is 4.43. The van der Waals surface area contributed by atoms with Gasteiger partial charge in [0.05, 0.1) is 23.7 Å². The van der Waals surface area contributed by atoms with Crippen molar-refractivity contribution in [3.05, 3.63) is 82.0 Å². The third kappa shape index (κ3) is 3.72. The Labute approximate surface area is 196 Å². The lowest BCUT2D eigenvalue weighted by Crippen LogP contribution is -2.50. The Morgan fingerprint density at radius 1 is 1.09 bits per heavy atom. The van der Waals surface area contributed by atoms with Crippen LogP contribution in [-0.2, 0) is 20.7 Å². The van der Waals surface area contributed by atoms with Gasteiger partial charge in [-0.1, -0.05) is 42.5 Å². The summed E-state index contributed by atoms with van der Waals surface area (Å²) < 4.78 is 7.48. The quantitative estimate of drug-likeness (QED) is 0.308. The first-order valence-corrected chi connectivity index (χ1v) is 12.0. The number of ether oxygens (including phenoxy) is 1. The predicted molar refractivity (Wildman–Crippen MR) is 130 cm³/mol. The van der Waals surface area contributed by atoms with Crippen LogP contribution in [0.5, 0.6) is 0 Å². The summed E-state index contributed by atoms with van der Waals surface area (Å²) in [6, 6.07) is 19.4. The molecule has 0 saturated heterocycles.